The van der Waals surface area contributed by atoms with Crippen LogP contribution in [-0.2, 0) is 0 Å². The Hall–Kier alpha value is -4.33. The van der Waals surface area contributed by atoms with Crippen LogP contribution in [0, 0.1) is 0 Å². The Morgan fingerprint density at radius 1 is 0.868 bits per heavy atom. The smallest absolute Gasteiger partial charge is 0.205 e. The van der Waals surface area contributed by atoms with Crippen LogP contribution in [0.25, 0.3) is 27.5 Å². The molecule has 4 aromatic carbocycles. The molecule has 1 aliphatic heterocycles. The summed E-state index contributed by atoms with van der Waals surface area (Å²) in [4.78, 5) is 20.3. The number of ketones is 1. The number of hydrogen-bond donors (Lipinski definition) is 2. The maximum atomic E-state index is 14.0. The summed E-state index contributed by atoms with van der Waals surface area (Å²) in [6.45, 7) is 0. The number of benzene rings is 4. The van der Waals surface area contributed by atoms with E-state index in [1.807, 2.05) is 84.2 Å². The number of para-hydroxylation sites is 1. The van der Waals surface area contributed by atoms with Crippen LogP contribution < -0.4 is 10.1 Å². The number of carbonyl (C=O) groups is 1. The zero-order valence-corrected chi connectivity index (χ0v) is 22.0. The number of fused-ring (bicyclic) bond motifs is 1. The number of anilines is 1. The van der Waals surface area contributed by atoms with Gasteiger partial charge in [-0.3, -0.25) is 4.79 Å². The predicted molar refractivity (Wildman–Crippen MR) is 155 cm³/mol. The number of aromatic hydroxyl groups is 1. The number of thiazole rings is 1. The number of carbonyl (C=O) groups excluding carboxylic acids is 1. The molecule has 5 nitrogen and oxygen atoms in total. The highest BCUT2D eigenvalue weighted by molar-refractivity contribution is 8.04. The molecule has 6 rings (SSSR count). The Balaban J connectivity index is 1.41. The van der Waals surface area contributed by atoms with Crippen LogP contribution in [0.4, 0.5) is 5.69 Å². The van der Waals surface area contributed by atoms with Crippen molar-refractivity contribution in [2.75, 3.05) is 12.4 Å². The van der Waals surface area contributed by atoms with E-state index in [0.717, 1.165) is 43.7 Å². The van der Waals surface area contributed by atoms with Crippen molar-refractivity contribution >= 4 is 40.3 Å². The van der Waals surface area contributed by atoms with Gasteiger partial charge in [-0.1, -0.05) is 54.2 Å². The summed E-state index contributed by atoms with van der Waals surface area (Å²) in [6, 6.07) is 30.5. The number of methoxy groups -OCH3 is 1. The molecule has 1 aromatic heterocycles. The van der Waals surface area contributed by atoms with Crippen molar-refractivity contribution in [1.29, 1.82) is 0 Å². The number of thioether (sulfide) groups is 1. The van der Waals surface area contributed by atoms with Gasteiger partial charge in [-0.25, -0.2) is 4.98 Å². The van der Waals surface area contributed by atoms with Crippen LogP contribution in [0.3, 0.4) is 0 Å². The molecule has 2 heterocycles. The molecule has 0 spiro atoms. The summed E-state index contributed by atoms with van der Waals surface area (Å²) < 4.78 is 5.31. The molecule has 5 aromatic rings. The van der Waals surface area contributed by atoms with Crippen LogP contribution in [0.2, 0.25) is 0 Å². The predicted octanol–water partition coefficient (Wildman–Crippen LogP) is 7.96. The van der Waals surface area contributed by atoms with Gasteiger partial charge in [0.1, 0.15) is 16.5 Å². The molecule has 0 saturated carbocycles. The molecule has 0 atom stereocenters. The SMILES string of the molecule is COc1ccc(C2=C(C(=O)c3cc(-c4csc(-c5ccccc5)n4)ccc3O)Sc3ccccc3N2)cc1. The number of aromatic nitrogens is 1. The second kappa shape index (κ2) is 10.2. The molecule has 0 amide bonds. The fourth-order valence-corrected chi connectivity index (χ4v) is 6.16. The number of ether oxygens (including phenoxy) is 1. The van der Waals surface area contributed by atoms with E-state index in [1.165, 1.54) is 11.8 Å². The maximum Gasteiger partial charge on any atom is 0.205 e. The molecular formula is C31H22N2O3S2. The Bertz CT molecular complexity index is 1680. The second-order valence-corrected chi connectivity index (χ2v) is 10.5. The lowest BCUT2D eigenvalue weighted by Gasteiger charge is -2.24. The lowest BCUT2D eigenvalue weighted by Crippen LogP contribution is -2.13. The molecule has 38 heavy (non-hydrogen) atoms. The Kier molecular flexibility index (Phi) is 6.45. The van der Waals surface area contributed by atoms with E-state index in [4.69, 9.17) is 9.72 Å². The van der Waals surface area contributed by atoms with E-state index < -0.39 is 0 Å². The quantitative estimate of drug-likeness (QED) is 0.215. The average Bonchev–Trinajstić information content (AvgIpc) is 3.47. The first-order valence-corrected chi connectivity index (χ1v) is 13.6. The van der Waals surface area contributed by atoms with Crippen LogP contribution in [0.1, 0.15) is 15.9 Å². The van der Waals surface area contributed by atoms with Crippen LogP contribution in [0.5, 0.6) is 11.5 Å². The highest BCUT2D eigenvalue weighted by Gasteiger charge is 2.27. The molecule has 1 aliphatic rings. The Morgan fingerprint density at radius 3 is 2.39 bits per heavy atom. The highest BCUT2D eigenvalue weighted by Crippen LogP contribution is 2.45. The Morgan fingerprint density at radius 2 is 1.61 bits per heavy atom. The minimum atomic E-state index is -0.263. The first kappa shape index (κ1) is 24.0. The number of hydrogen-bond acceptors (Lipinski definition) is 7. The summed E-state index contributed by atoms with van der Waals surface area (Å²) in [6.07, 6.45) is 0. The Labute approximate surface area is 228 Å². The van der Waals surface area contributed by atoms with E-state index in [2.05, 4.69) is 5.32 Å². The van der Waals surface area contributed by atoms with Gasteiger partial charge in [0.2, 0.25) is 5.78 Å². The fraction of sp³-hybridized carbons (Fsp3) is 0.0323. The van der Waals surface area contributed by atoms with Crippen molar-refractivity contribution in [1.82, 2.24) is 4.98 Å². The van der Waals surface area contributed by atoms with Gasteiger partial charge < -0.3 is 15.2 Å². The van der Waals surface area contributed by atoms with E-state index in [9.17, 15) is 9.90 Å². The standard InChI is InChI=1S/C31H22N2O3S2/c1-36-22-14-11-19(12-15-22)28-30(38-27-10-6-5-9-24(27)32-28)29(35)23-17-21(13-16-26(23)34)25-18-37-31(33-25)20-7-3-2-4-8-20/h2-18,32,34H,1H3. The van der Waals surface area contributed by atoms with Gasteiger partial charge in [0.15, 0.2) is 0 Å². The molecule has 0 saturated heterocycles. The number of Topliss-reactive ketones (excluding diaryl/α,β-unsaturated/α-hetero) is 1. The third-order valence-electron chi connectivity index (χ3n) is 6.23. The summed E-state index contributed by atoms with van der Waals surface area (Å²) >= 11 is 2.94. The van der Waals surface area contributed by atoms with Gasteiger partial charge in [-0.2, -0.15) is 0 Å². The molecule has 0 unspecified atom stereocenters. The summed E-state index contributed by atoms with van der Waals surface area (Å²) in [5, 5.41) is 17.1. The van der Waals surface area contributed by atoms with Gasteiger partial charge in [0, 0.05) is 21.4 Å². The number of allylic oxidation sites excluding steroid dienone is 1. The number of phenolic OH excluding ortho intramolecular Hbond substituents is 1. The van der Waals surface area contributed by atoms with Crippen molar-refractivity contribution in [2.24, 2.45) is 0 Å². The van der Waals surface area contributed by atoms with Crippen molar-refractivity contribution in [3.63, 3.8) is 0 Å². The first-order chi connectivity index (χ1) is 18.6. The van der Waals surface area contributed by atoms with Gasteiger partial charge in [0.25, 0.3) is 0 Å². The normalized spacial score (nSPS) is 12.6. The topological polar surface area (TPSA) is 71.5 Å². The molecule has 0 radical (unpaired) electrons. The zero-order chi connectivity index (χ0) is 26.1. The minimum absolute atomic E-state index is 0.0710. The number of rotatable bonds is 6. The summed E-state index contributed by atoms with van der Waals surface area (Å²) in [5.74, 6) is 0.397. The first-order valence-electron chi connectivity index (χ1n) is 11.9. The van der Waals surface area contributed by atoms with Gasteiger partial charge >= 0.3 is 0 Å². The average molecular weight is 535 g/mol. The maximum absolute atomic E-state index is 14.0. The lowest BCUT2D eigenvalue weighted by molar-refractivity contribution is 0.104. The minimum Gasteiger partial charge on any atom is -0.507 e. The second-order valence-electron chi connectivity index (χ2n) is 8.62. The van der Waals surface area contributed by atoms with Crippen molar-refractivity contribution in [3.05, 3.63) is 118 Å². The van der Waals surface area contributed by atoms with Crippen LogP contribution >= 0.6 is 23.1 Å². The molecule has 0 bridgehead atoms. The third-order valence-corrected chi connectivity index (χ3v) is 8.29. The van der Waals surface area contributed by atoms with Gasteiger partial charge in [-0.15, -0.1) is 11.3 Å². The number of phenols is 1. The van der Waals surface area contributed by atoms with E-state index >= 15 is 0 Å². The molecule has 2 N–H and O–H groups in total. The van der Waals surface area contributed by atoms with Crippen LogP contribution in [0.15, 0.2) is 112 Å². The van der Waals surface area contributed by atoms with Crippen molar-refractivity contribution in [2.45, 2.75) is 4.90 Å². The zero-order valence-electron chi connectivity index (χ0n) is 20.3. The van der Waals surface area contributed by atoms with Crippen LogP contribution in [-0.4, -0.2) is 23.0 Å². The lowest BCUT2D eigenvalue weighted by atomic mass is 10.0. The van der Waals surface area contributed by atoms with E-state index in [0.29, 0.717) is 10.6 Å². The van der Waals surface area contributed by atoms with E-state index in [1.54, 1.807) is 36.6 Å². The van der Waals surface area contributed by atoms with E-state index in [-0.39, 0.29) is 17.1 Å². The number of nitrogens with zero attached hydrogens (tertiary/aromatic N) is 1. The van der Waals surface area contributed by atoms with Gasteiger partial charge in [0.05, 0.1) is 34.7 Å². The number of nitrogens with one attached hydrogen (secondary N) is 1. The molecule has 186 valence electrons. The van der Waals surface area contributed by atoms with Gasteiger partial charge in [-0.05, 0) is 60.2 Å². The molecular weight excluding hydrogens is 512 g/mol. The highest BCUT2D eigenvalue weighted by atomic mass is 32.2. The third kappa shape index (κ3) is 4.58. The fourth-order valence-electron chi connectivity index (χ4n) is 4.25. The molecule has 0 fully saturated rings. The largest absolute Gasteiger partial charge is 0.507 e. The van der Waals surface area contributed by atoms with Crippen molar-refractivity contribution < 1.29 is 14.6 Å². The monoisotopic (exact) mass is 534 g/mol. The summed E-state index contributed by atoms with van der Waals surface area (Å²) in [7, 11) is 1.62. The molecule has 7 heteroatoms. The molecule has 0 aliphatic carbocycles. The summed E-state index contributed by atoms with van der Waals surface area (Å²) in [5.41, 5.74) is 5.25. The van der Waals surface area contributed by atoms with Crippen molar-refractivity contribution in [3.8, 4) is 33.3 Å².